The van der Waals surface area contributed by atoms with Gasteiger partial charge in [0, 0.05) is 28.2 Å². The SMILES string of the molecule is CC1(C)O[C@@H]([C@@H](Cc2ccccc2)NP(c2ccccc2)c2ccccc2)[C@H]([C@@H](Cc2ccccc2)NP(c2ccccc2)c2ccccc2)O1. The average molecular weight is 709 g/mol. The molecule has 1 aliphatic heterocycles. The molecule has 1 fully saturated rings. The van der Waals surface area contributed by atoms with Gasteiger partial charge in [0.2, 0.25) is 0 Å². The van der Waals surface area contributed by atoms with Crippen molar-refractivity contribution < 1.29 is 9.47 Å². The minimum Gasteiger partial charge on any atom is -0.343 e. The highest BCUT2D eigenvalue weighted by atomic mass is 31.1. The number of benzene rings is 6. The zero-order chi connectivity index (χ0) is 34.9. The maximum absolute atomic E-state index is 7.07. The highest BCUT2D eigenvalue weighted by molar-refractivity contribution is 7.71. The molecule has 2 N–H and O–H groups in total. The van der Waals surface area contributed by atoms with Crippen LogP contribution >= 0.6 is 16.1 Å². The maximum atomic E-state index is 7.07. The summed E-state index contributed by atoms with van der Waals surface area (Å²) in [6.45, 7) is 4.13. The van der Waals surface area contributed by atoms with Gasteiger partial charge in [-0.2, -0.15) is 0 Å². The summed E-state index contributed by atoms with van der Waals surface area (Å²) in [5.41, 5.74) is 2.53. The lowest BCUT2D eigenvalue weighted by Crippen LogP contribution is -2.53. The smallest absolute Gasteiger partial charge is 0.163 e. The zero-order valence-electron chi connectivity index (χ0n) is 29.3. The molecule has 0 aliphatic carbocycles. The minimum absolute atomic E-state index is 0.0505. The Bertz CT molecular complexity index is 1680. The Labute approximate surface area is 305 Å². The molecule has 258 valence electrons. The molecule has 4 atom stereocenters. The molecule has 6 heteroatoms. The van der Waals surface area contributed by atoms with Crippen LogP contribution in [-0.4, -0.2) is 30.1 Å². The summed E-state index contributed by atoms with van der Waals surface area (Å²) >= 11 is 0. The fourth-order valence-corrected chi connectivity index (χ4v) is 11.1. The first-order valence-electron chi connectivity index (χ1n) is 17.8. The summed E-state index contributed by atoms with van der Waals surface area (Å²) in [5, 5.41) is 13.6. The minimum atomic E-state index is -0.911. The summed E-state index contributed by atoms with van der Waals surface area (Å²) < 4.78 is 14.1. The lowest BCUT2D eigenvalue weighted by Gasteiger charge is -2.36. The molecular weight excluding hydrogens is 662 g/mol. The highest BCUT2D eigenvalue weighted by Gasteiger charge is 2.49. The van der Waals surface area contributed by atoms with Crippen LogP contribution in [0.25, 0.3) is 0 Å². The van der Waals surface area contributed by atoms with Gasteiger partial charge in [-0.3, -0.25) is 10.2 Å². The predicted octanol–water partition coefficient (Wildman–Crippen LogP) is 8.00. The summed E-state index contributed by atoms with van der Waals surface area (Å²) in [6.07, 6.45) is 1.10. The molecule has 51 heavy (non-hydrogen) atoms. The fourth-order valence-electron chi connectivity index (χ4n) is 6.88. The first kappa shape index (κ1) is 35.4. The summed E-state index contributed by atoms with van der Waals surface area (Å²) in [6, 6.07) is 64.9. The molecule has 1 saturated heterocycles. The molecule has 0 spiro atoms. The standard InChI is InChI=1S/C45H46N2O2P2/c1-45(2)48-43(41(33-35-21-9-3-10-22-35)46-50(37-25-13-5-14-26-37)38-27-15-6-16-28-38)44(49-45)42(34-36-23-11-4-12-24-36)47-51(39-29-17-7-18-30-39)40-31-19-8-20-32-40/h3-32,41-44,46-47H,33-34H2,1-2H3/t41-,42-,43+,44+/m1/s1. The Balaban J connectivity index is 1.31. The van der Waals surface area contributed by atoms with E-state index in [4.69, 9.17) is 9.47 Å². The van der Waals surface area contributed by atoms with Crippen molar-refractivity contribution in [2.45, 2.75) is 56.8 Å². The van der Waals surface area contributed by atoms with Crippen LogP contribution in [0, 0.1) is 0 Å². The van der Waals surface area contributed by atoms with Gasteiger partial charge in [0.25, 0.3) is 0 Å². The van der Waals surface area contributed by atoms with E-state index in [1.165, 1.54) is 32.3 Å². The average Bonchev–Trinajstić information content (AvgIpc) is 3.52. The third kappa shape index (κ3) is 9.28. The number of rotatable bonds is 14. The Hall–Kier alpha value is -3.98. The quantitative estimate of drug-likeness (QED) is 0.113. The normalized spacial score (nSPS) is 18.1. The second kappa shape index (κ2) is 17.0. The van der Waals surface area contributed by atoms with Gasteiger partial charge < -0.3 is 9.47 Å². The molecular formula is C45H46N2O2P2. The molecule has 0 bridgehead atoms. The molecule has 7 rings (SSSR count). The van der Waals surface area contributed by atoms with Crippen LogP contribution in [0.1, 0.15) is 25.0 Å². The van der Waals surface area contributed by atoms with E-state index in [0.29, 0.717) is 0 Å². The Kier molecular flexibility index (Phi) is 11.8. The molecule has 1 heterocycles. The van der Waals surface area contributed by atoms with Gasteiger partial charge in [-0.15, -0.1) is 0 Å². The second-order valence-electron chi connectivity index (χ2n) is 13.4. The van der Waals surface area contributed by atoms with Crippen molar-refractivity contribution in [3.05, 3.63) is 193 Å². The van der Waals surface area contributed by atoms with Crippen LogP contribution in [-0.2, 0) is 22.3 Å². The third-order valence-electron chi connectivity index (χ3n) is 9.20. The van der Waals surface area contributed by atoms with E-state index in [1.807, 2.05) is 0 Å². The van der Waals surface area contributed by atoms with Crippen LogP contribution < -0.4 is 31.4 Å². The Morgan fingerprint density at radius 3 is 0.961 bits per heavy atom. The van der Waals surface area contributed by atoms with E-state index in [9.17, 15) is 0 Å². The van der Waals surface area contributed by atoms with Crippen LogP contribution in [0.15, 0.2) is 182 Å². The molecule has 6 aromatic rings. The largest absolute Gasteiger partial charge is 0.343 e. The number of hydrogen-bond donors (Lipinski definition) is 2. The summed E-state index contributed by atoms with van der Waals surface area (Å²) in [4.78, 5) is 0. The van der Waals surface area contributed by atoms with Gasteiger partial charge in [-0.05, 0) is 59.0 Å². The fraction of sp³-hybridized carbons (Fsp3) is 0.200. The molecule has 0 saturated carbocycles. The number of ether oxygens (including phenoxy) is 2. The van der Waals surface area contributed by atoms with E-state index in [0.717, 1.165) is 12.8 Å². The van der Waals surface area contributed by atoms with E-state index in [-0.39, 0.29) is 24.3 Å². The van der Waals surface area contributed by atoms with Crippen molar-refractivity contribution >= 4 is 37.4 Å². The molecule has 0 radical (unpaired) electrons. The van der Waals surface area contributed by atoms with Crippen molar-refractivity contribution in [3.8, 4) is 0 Å². The van der Waals surface area contributed by atoms with Crippen molar-refractivity contribution in [2.75, 3.05) is 0 Å². The maximum Gasteiger partial charge on any atom is 0.163 e. The van der Waals surface area contributed by atoms with E-state index in [2.05, 4.69) is 206 Å². The molecule has 4 nitrogen and oxygen atoms in total. The molecule has 1 aliphatic rings. The molecule has 0 aromatic heterocycles. The second-order valence-corrected chi connectivity index (χ2v) is 17.4. The highest BCUT2D eigenvalue weighted by Crippen LogP contribution is 2.40. The predicted molar refractivity (Wildman–Crippen MR) is 216 cm³/mol. The van der Waals surface area contributed by atoms with Gasteiger partial charge >= 0.3 is 0 Å². The Morgan fingerprint density at radius 2 is 0.686 bits per heavy atom. The van der Waals surface area contributed by atoms with Crippen LogP contribution in [0.2, 0.25) is 0 Å². The summed E-state index contributed by atoms with van der Waals surface area (Å²) in [7, 11) is -1.82. The Morgan fingerprint density at radius 1 is 0.431 bits per heavy atom. The van der Waals surface area contributed by atoms with Gasteiger partial charge in [0.1, 0.15) is 12.2 Å². The van der Waals surface area contributed by atoms with Gasteiger partial charge in [-0.25, -0.2) is 0 Å². The first-order chi connectivity index (χ1) is 25.0. The van der Waals surface area contributed by atoms with Crippen LogP contribution in [0.4, 0.5) is 0 Å². The van der Waals surface area contributed by atoms with Crippen molar-refractivity contribution in [1.82, 2.24) is 10.2 Å². The van der Waals surface area contributed by atoms with E-state index >= 15 is 0 Å². The monoisotopic (exact) mass is 708 g/mol. The van der Waals surface area contributed by atoms with Crippen LogP contribution in [0.3, 0.4) is 0 Å². The van der Waals surface area contributed by atoms with Crippen molar-refractivity contribution in [2.24, 2.45) is 0 Å². The van der Waals surface area contributed by atoms with Crippen molar-refractivity contribution in [3.63, 3.8) is 0 Å². The third-order valence-corrected chi connectivity index (χ3v) is 13.6. The molecule has 0 unspecified atom stereocenters. The topological polar surface area (TPSA) is 42.5 Å². The summed E-state index contributed by atoms with van der Waals surface area (Å²) in [5.74, 6) is -0.771. The zero-order valence-corrected chi connectivity index (χ0v) is 31.0. The first-order valence-corrected chi connectivity index (χ1v) is 20.5. The van der Waals surface area contributed by atoms with Crippen molar-refractivity contribution in [1.29, 1.82) is 0 Å². The van der Waals surface area contributed by atoms with E-state index in [1.54, 1.807) is 0 Å². The lowest BCUT2D eigenvalue weighted by molar-refractivity contribution is -0.149. The molecule has 6 aromatic carbocycles. The number of hydrogen-bond acceptors (Lipinski definition) is 4. The molecule has 0 amide bonds. The lowest BCUT2D eigenvalue weighted by atomic mass is 9.92. The van der Waals surface area contributed by atoms with E-state index < -0.39 is 21.9 Å². The number of nitrogens with one attached hydrogen (secondary N) is 2. The van der Waals surface area contributed by atoms with Crippen LogP contribution in [0.5, 0.6) is 0 Å². The van der Waals surface area contributed by atoms with Gasteiger partial charge in [0.15, 0.2) is 5.79 Å². The van der Waals surface area contributed by atoms with Gasteiger partial charge in [-0.1, -0.05) is 182 Å². The van der Waals surface area contributed by atoms with Gasteiger partial charge in [0.05, 0.1) is 0 Å².